The maximum atomic E-state index is 10.1. The molecule has 0 aromatic rings. The quantitative estimate of drug-likeness (QED) is 0.372. The fourth-order valence-corrected chi connectivity index (χ4v) is 0.502. The molecule has 0 rings (SSSR count). The molecule has 0 saturated carbocycles. The summed E-state index contributed by atoms with van der Waals surface area (Å²) in [6, 6.07) is -1.51. The number of aliphatic hydroxyl groups is 1. The van der Waals surface area contributed by atoms with Crippen LogP contribution < -0.4 is 11.5 Å². The molecule has 60 valence electrons. The SMILES string of the molecule is NC(CO)CC(N)C(=O)O. The number of carboxylic acid groups (broad SMARTS) is 1. The van der Waals surface area contributed by atoms with E-state index in [1.54, 1.807) is 0 Å². The molecule has 0 fully saturated rings. The average molecular weight is 148 g/mol. The van der Waals surface area contributed by atoms with Crippen LogP contribution in [0.25, 0.3) is 0 Å². The molecule has 0 radical (unpaired) electrons. The maximum Gasteiger partial charge on any atom is 0.320 e. The second-order valence-electron chi connectivity index (χ2n) is 2.12. The van der Waals surface area contributed by atoms with E-state index < -0.39 is 18.1 Å². The first-order valence-corrected chi connectivity index (χ1v) is 2.92. The number of rotatable bonds is 4. The minimum Gasteiger partial charge on any atom is -0.480 e. The highest BCUT2D eigenvalue weighted by Gasteiger charge is 2.14. The van der Waals surface area contributed by atoms with Crippen molar-refractivity contribution in [1.82, 2.24) is 0 Å². The van der Waals surface area contributed by atoms with Gasteiger partial charge in [-0.05, 0) is 6.42 Å². The zero-order valence-corrected chi connectivity index (χ0v) is 5.53. The highest BCUT2D eigenvalue weighted by Crippen LogP contribution is 1.91. The van der Waals surface area contributed by atoms with Gasteiger partial charge in [-0.25, -0.2) is 0 Å². The summed E-state index contributed by atoms with van der Waals surface area (Å²) in [5.74, 6) is -1.09. The molecule has 0 aliphatic carbocycles. The Hall–Kier alpha value is -0.650. The van der Waals surface area contributed by atoms with Crippen LogP contribution in [0.1, 0.15) is 6.42 Å². The molecule has 0 aromatic heterocycles. The Bertz CT molecular complexity index is 117. The van der Waals surface area contributed by atoms with E-state index >= 15 is 0 Å². The minimum atomic E-state index is -1.09. The number of carbonyl (C=O) groups is 1. The summed E-state index contributed by atoms with van der Waals surface area (Å²) >= 11 is 0. The number of carboxylic acids is 1. The van der Waals surface area contributed by atoms with Gasteiger partial charge in [0.25, 0.3) is 0 Å². The van der Waals surface area contributed by atoms with Gasteiger partial charge in [0.2, 0.25) is 0 Å². The molecular formula is C5H12N2O3. The third kappa shape index (κ3) is 3.39. The fraction of sp³-hybridized carbons (Fsp3) is 0.800. The Balaban J connectivity index is 3.56. The summed E-state index contributed by atoms with van der Waals surface area (Å²) in [4.78, 5) is 10.1. The van der Waals surface area contributed by atoms with Crippen LogP contribution in [0, 0.1) is 0 Å². The molecule has 0 heterocycles. The van der Waals surface area contributed by atoms with Crippen LogP contribution in [0.5, 0.6) is 0 Å². The molecule has 5 heteroatoms. The Morgan fingerprint density at radius 2 is 2.00 bits per heavy atom. The summed E-state index contributed by atoms with van der Waals surface area (Å²) in [6.45, 7) is -0.235. The van der Waals surface area contributed by atoms with Gasteiger partial charge in [-0.1, -0.05) is 0 Å². The first-order valence-electron chi connectivity index (χ1n) is 2.92. The number of nitrogens with two attached hydrogens (primary N) is 2. The lowest BCUT2D eigenvalue weighted by atomic mass is 10.1. The number of hydrogen-bond acceptors (Lipinski definition) is 4. The lowest BCUT2D eigenvalue weighted by molar-refractivity contribution is -0.138. The van der Waals surface area contributed by atoms with E-state index in [1.807, 2.05) is 0 Å². The summed E-state index contributed by atoms with van der Waals surface area (Å²) in [7, 11) is 0. The predicted molar refractivity (Wildman–Crippen MR) is 35.3 cm³/mol. The number of aliphatic carboxylic acids is 1. The normalized spacial score (nSPS) is 16.3. The van der Waals surface area contributed by atoms with E-state index in [9.17, 15) is 4.79 Å². The lowest BCUT2D eigenvalue weighted by Crippen LogP contribution is -2.38. The molecule has 5 nitrogen and oxygen atoms in total. The predicted octanol–water partition coefficient (Wildman–Crippen LogP) is -1.89. The molecule has 2 unspecified atom stereocenters. The van der Waals surface area contributed by atoms with Crippen molar-refractivity contribution in [3.05, 3.63) is 0 Å². The summed E-state index contributed by atoms with van der Waals surface area (Å²) in [5.41, 5.74) is 10.3. The van der Waals surface area contributed by atoms with Crippen LogP contribution in [-0.4, -0.2) is 34.9 Å². The van der Waals surface area contributed by atoms with E-state index in [-0.39, 0.29) is 13.0 Å². The van der Waals surface area contributed by atoms with Crippen LogP contribution in [0.3, 0.4) is 0 Å². The van der Waals surface area contributed by atoms with E-state index in [0.717, 1.165) is 0 Å². The molecule has 0 aliphatic heterocycles. The van der Waals surface area contributed by atoms with Crippen molar-refractivity contribution in [2.24, 2.45) is 11.5 Å². The van der Waals surface area contributed by atoms with Gasteiger partial charge >= 0.3 is 5.97 Å². The number of aliphatic hydroxyl groups excluding tert-OH is 1. The highest BCUT2D eigenvalue weighted by molar-refractivity contribution is 5.73. The van der Waals surface area contributed by atoms with Crippen molar-refractivity contribution < 1.29 is 15.0 Å². The first-order chi connectivity index (χ1) is 4.57. The molecule has 0 amide bonds. The zero-order chi connectivity index (χ0) is 8.15. The van der Waals surface area contributed by atoms with E-state index in [4.69, 9.17) is 21.7 Å². The van der Waals surface area contributed by atoms with Gasteiger partial charge in [0, 0.05) is 6.04 Å². The van der Waals surface area contributed by atoms with Crippen molar-refractivity contribution in [2.75, 3.05) is 6.61 Å². The molecular weight excluding hydrogens is 136 g/mol. The fourth-order valence-electron chi connectivity index (χ4n) is 0.502. The Kier molecular flexibility index (Phi) is 3.94. The van der Waals surface area contributed by atoms with Crippen LogP contribution in [0.4, 0.5) is 0 Å². The van der Waals surface area contributed by atoms with Crippen LogP contribution >= 0.6 is 0 Å². The monoisotopic (exact) mass is 148 g/mol. The second kappa shape index (κ2) is 4.21. The van der Waals surface area contributed by atoms with Crippen LogP contribution in [0.2, 0.25) is 0 Å². The molecule has 0 aliphatic rings. The van der Waals surface area contributed by atoms with Gasteiger partial charge in [0.1, 0.15) is 6.04 Å². The minimum absolute atomic E-state index is 0.103. The molecule has 10 heavy (non-hydrogen) atoms. The van der Waals surface area contributed by atoms with Gasteiger partial charge in [0.05, 0.1) is 6.61 Å². The second-order valence-corrected chi connectivity index (χ2v) is 2.12. The summed E-state index contributed by atoms with van der Waals surface area (Å²) < 4.78 is 0. The van der Waals surface area contributed by atoms with Gasteiger partial charge in [-0.15, -0.1) is 0 Å². The largest absolute Gasteiger partial charge is 0.480 e. The van der Waals surface area contributed by atoms with Crippen molar-refractivity contribution in [3.63, 3.8) is 0 Å². The van der Waals surface area contributed by atoms with Gasteiger partial charge in [-0.2, -0.15) is 0 Å². The average Bonchev–Trinajstić information content (AvgIpc) is 1.87. The molecule has 0 spiro atoms. The van der Waals surface area contributed by atoms with Crippen molar-refractivity contribution in [3.8, 4) is 0 Å². The van der Waals surface area contributed by atoms with Crippen LogP contribution in [0.15, 0.2) is 0 Å². The van der Waals surface area contributed by atoms with Gasteiger partial charge in [-0.3, -0.25) is 4.79 Å². The maximum absolute atomic E-state index is 10.1. The molecule has 6 N–H and O–H groups in total. The van der Waals surface area contributed by atoms with E-state index in [1.165, 1.54) is 0 Å². The lowest BCUT2D eigenvalue weighted by Gasteiger charge is -2.10. The first kappa shape index (κ1) is 9.35. The van der Waals surface area contributed by atoms with Crippen molar-refractivity contribution in [1.29, 1.82) is 0 Å². The topological polar surface area (TPSA) is 110 Å². The van der Waals surface area contributed by atoms with Crippen LogP contribution in [-0.2, 0) is 4.79 Å². The molecule has 2 atom stereocenters. The summed E-state index contributed by atoms with van der Waals surface area (Å²) in [5, 5.41) is 16.7. The Labute approximate surface area is 58.6 Å². The third-order valence-electron chi connectivity index (χ3n) is 1.11. The van der Waals surface area contributed by atoms with Crippen molar-refractivity contribution >= 4 is 5.97 Å². The van der Waals surface area contributed by atoms with Gasteiger partial charge in [0.15, 0.2) is 0 Å². The van der Waals surface area contributed by atoms with E-state index in [0.29, 0.717) is 0 Å². The Morgan fingerprint density at radius 3 is 2.30 bits per heavy atom. The standard InChI is InChI=1S/C5H12N2O3/c6-3(2-8)1-4(7)5(9)10/h3-4,8H,1-2,6-7H2,(H,9,10). The highest BCUT2D eigenvalue weighted by atomic mass is 16.4. The smallest absolute Gasteiger partial charge is 0.320 e. The molecule has 0 saturated heterocycles. The van der Waals surface area contributed by atoms with Crippen molar-refractivity contribution in [2.45, 2.75) is 18.5 Å². The summed E-state index contributed by atoms with van der Waals surface area (Å²) in [6.07, 6.45) is 0.103. The van der Waals surface area contributed by atoms with E-state index in [2.05, 4.69) is 0 Å². The zero-order valence-electron chi connectivity index (χ0n) is 5.53. The Morgan fingerprint density at radius 1 is 1.50 bits per heavy atom. The molecule has 0 bridgehead atoms. The number of hydrogen-bond donors (Lipinski definition) is 4. The third-order valence-corrected chi connectivity index (χ3v) is 1.11. The van der Waals surface area contributed by atoms with Gasteiger partial charge < -0.3 is 21.7 Å². The molecule has 0 aromatic carbocycles.